The maximum Gasteiger partial charge on any atom is 0.337 e. The largest absolute Gasteiger partial charge is 0.423 e. The maximum atomic E-state index is 11.9. The lowest BCUT2D eigenvalue weighted by Crippen LogP contribution is -2.33. The number of carbonyl (C=O) groups is 1. The second-order valence-electron chi connectivity index (χ2n) is 8.97. The Hall–Kier alpha value is -3.00. The third-order valence-corrected chi connectivity index (χ3v) is 6.73. The van der Waals surface area contributed by atoms with Gasteiger partial charge in [-0.15, -0.1) is 0 Å². The van der Waals surface area contributed by atoms with Gasteiger partial charge in [-0.3, -0.25) is 4.79 Å². The molecule has 0 spiro atoms. The molecule has 1 aliphatic rings. The molecule has 0 saturated heterocycles. The number of pyridine rings is 1. The molecule has 1 aliphatic carbocycles. The molecule has 1 unspecified atom stereocenters. The number of aryl methyl sites for hydroxylation is 3. The Bertz CT molecular complexity index is 1250. The average molecular weight is 465 g/mol. The van der Waals surface area contributed by atoms with Crippen molar-refractivity contribution in [2.75, 3.05) is 13.2 Å². The fourth-order valence-corrected chi connectivity index (χ4v) is 5.09. The van der Waals surface area contributed by atoms with Crippen molar-refractivity contribution in [3.8, 4) is 5.75 Å². The number of aromatic amines is 1. The SMILES string of the molecule is CCc1cc2c(cc1CC)CC(NCC(O)c1c(C)cc(OC(=O)CO)c3[nH]c(=O)ccc13)C2. The van der Waals surface area contributed by atoms with E-state index in [4.69, 9.17) is 9.84 Å². The van der Waals surface area contributed by atoms with Crippen LogP contribution < -0.4 is 15.6 Å². The van der Waals surface area contributed by atoms with Crippen LogP contribution in [0.5, 0.6) is 5.75 Å². The van der Waals surface area contributed by atoms with Crippen LogP contribution in [0.4, 0.5) is 0 Å². The smallest absolute Gasteiger partial charge is 0.337 e. The Morgan fingerprint density at radius 1 is 1.15 bits per heavy atom. The lowest BCUT2D eigenvalue weighted by atomic mass is 9.97. The minimum Gasteiger partial charge on any atom is -0.423 e. The summed E-state index contributed by atoms with van der Waals surface area (Å²) in [7, 11) is 0. The van der Waals surface area contributed by atoms with Gasteiger partial charge in [0.15, 0.2) is 5.75 Å². The summed E-state index contributed by atoms with van der Waals surface area (Å²) in [5, 5.41) is 24.3. The summed E-state index contributed by atoms with van der Waals surface area (Å²) in [5.74, 6) is -0.670. The first-order valence-corrected chi connectivity index (χ1v) is 11.9. The van der Waals surface area contributed by atoms with E-state index in [1.165, 1.54) is 28.3 Å². The number of esters is 1. The number of aliphatic hydroxyl groups is 2. The first-order valence-electron chi connectivity index (χ1n) is 11.9. The third kappa shape index (κ3) is 4.78. The topological polar surface area (TPSA) is 112 Å². The van der Waals surface area contributed by atoms with Gasteiger partial charge in [0.05, 0.1) is 11.6 Å². The van der Waals surface area contributed by atoms with Gasteiger partial charge in [-0.25, -0.2) is 4.79 Å². The minimum absolute atomic E-state index is 0.151. The van der Waals surface area contributed by atoms with Crippen LogP contribution in [0.3, 0.4) is 0 Å². The summed E-state index contributed by atoms with van der Waals surface area (Å²) in [6, 6.07) is 9.54. The molecule has 0 fully saturated rings. The second-order valence-corrected chi connectivity index (χ2v) is 8.97. The normalized spacial score (nSPS) is 14.4. The van der Waals surface area contributed by atoms with E-state index in [1.54, 1.807) is 12.1 Å². The number of rotatable bonds is 8. The van der Waals surface area contributed by atoms with Crippen LogP contribution in [0, 0.1) is 6.92 Å². The van der Waals surface area contributed by atoms with Gasteiger partial charge in [0.2, 0.25) is 5.56 Å². The van der Waals surface area contributed by atoms with Crippen molar-refractivity contribution in [1.29, 1.82) is 0 Å². The lowest BCUT2D eigenvalue weighted by Gasteiger charge is -2.21. The molecule has 2 aromatic carbocycles. The molecule has 0 radical (unpaired) electrons. The van der Waals surface area contributed by atoms with E-state index in [0.717, 1.165) is 31.2 Å². The Kier molecular flexibility index (Phi) is 7.16. The van der Waals surface area contributed by atoms with Gasteiger partial charge in [0.1, 0.15) is 6.61 Å². The van der Waals surface area contributed by atoms with E-state index in [-0.39, 0.29) is 17.4 Å². The highest BCUT2D eigenvalue weighted by Gasteiger charge is 2.25. The van der Waals surface area contributed by atoms with Gasteiger partial charge < -0.3 is 25.3 Å². The number of fused-ring (bicyclic) bond motifs is 2. The molecule has 0 amide bonds. The highest BCUT2D eigenvalue weighted by Crippen LogP contribution is 2.33. The number of hydrogen-bond acceptors (Lipinski definition) is 6. The predicted molar refractivity (Wildman–Crippen MR) is 131 cm³/mol. The van der Waals surface area contributed by atoms with E-state index < -0.39 is 18.7 Å². The molecule has 1 heterocycles. The second kappa shape index (κ2) is 10.1. The zero-order valence-corrected chi connectivity index (χ0v) is 19.9. The summed E-state index contributed by atoms with van der Waals surface area (Å²) in [5.41, 5.74) is 6.97. The van der Waals surface area contributed by atoms with Crippen molar-refractivity contribution in [2.24, 2.45) is 0 Å². The van der Waals surface area contributed by atoms with Gasteiger partial charge in [0, 0.05) is 24.0 Å². The number of hydrogen-bond donors (Lipinski definition) is 4. The van der Waals surface area contributed by atoms with Gasteiger partial charge in [0.25, 0.3) is 0 Å². The number of ether oxygens (including phenoxy) is 1. The summed E-state index contributed by atoms with van der Waals surface area (Å²) >= 11 is 0. The summed E-state index contributed by atoms with van der Waals surface area (Å²) < 4.78 is 5.21. The molecule has 1 atom stereocenters. The number of benzene rings is 2. The summed E-state index contributed by atoms with van der Waals surface area (Å²) in [6.45, 7) is 5.79. The van der Waals surface area contributed by atoms with E-state index >= 15 is 0 Å². The van der Waals surface area contributed by atoms with E-state index in [0.29, 0.717) is 23.0 Å². The van der Waals surface area contributed by atoms with Crippen LogP contribution in [0.15, 0.2) is 35.1 Å². The molecule has 3 aromatic rings. The molecule has 4 N–H and O–H groups in total. The minimum atomic E-state index is -0.822. The fraction of sp³-hybridized carbons (Fsp3) is 0.407. The average Bonchev–Trinajstić information content (AvgIpc) is 3.23. The molecular formula is C27H32N2O5. The van der Waals surface area contributed by atoms with E-state index in [1.807, 2.05) is 6.92 Å². The number of carbonyl (C=O) groups excluding carboxylic acids is 1. The van der Waals surface area contributed by atoms with Gasteiger partial charge in [-0.05, 0) is 78.1 Å². The molecule has 0 saturated carbocycles. The number of aromatic nitrogens is 1. The molecule has 7 nitrogen and oxygen atoms in total. The Balaban J connectivity index is 1.55. The van der Waals surface area contributed by atoms with Gasteiger partial charge >= 0.3 is 5.97 Å². The Morgan fingerprint density at radius 3 is 2.38 bits per heavy atom. The van der Waals surface area contributed by atoms with Crippen molar-refractivity contribution in [1.82, 2.24) is 10.3 Å². The highest BCUT2D eigenvalue weighted by molar-refractivity contribution is 5.91. The van der Waals surface area contributed by atoms with Crippen molar-refractivity contribution < 1.29 is 19.7 Å². The standard InChI is InChI=1S/C27H32N2O5/c1-4-16-9-18-11-20(12-19(18)10-17(16)5-2)28-13-22(31)26-15(3)8-23(34-25(33)14-30)27-21(26)6-7-24(32)29-27/h6-10,20,22,28,30-31H,4-5,11-14H2,1-3H3,(H,29,32). The van der Waals surface area contributed by atoms with Gasteiger partial charge in [-0.2, -0.15) is 0 Å². The molecule has 34 heavy (non-hydrogen) atoms. The van der Waals surface area contributed by atoms with Gasteiger partial charge in [-0.1, -0.05) is 26.0 Å². The van der Waals surface area contributed by atoms with Crippen molar-refractivity contribution >= 4 is 16.9 Å². The molecular weight excluding hydrogens is 432 g/mol. The Morgan fingerprint density at radius 2 is 1.79 bits per heavy atom. The van der Waals surface area contributed by atoms with E-state index in [9.17, 15) is 14.7 Å². The number of H-pyrrole nitrogens is 1. The first kappa shape index (κ1) is 24.1. The molecule has 7 heteroatoms. The Labute approximate surface area is 198 Å². The van der Waals surface area contributed by atoms with Crippen molar-refractivity contribution in [3.63, 3.8) is 0 Å². The number of nitrogens with one attached hydrogen (secondary N) is 2. The predicted octanol–water partition coefficient (Wildman–Crippen LogP) is 2.65. The van der Waals surface area contributed by atoms with Crippen LogP contribution >= 0.6 is 0 Å². The molecule has 1 aromatic heterocycles. The maximum absolute atomic E-state index is 11.9. The van der Waals surface area contributed by atoms with Crippen molar-refractivity contribution in [2.45, 2.75) is 58.6 Å². The van der Waals surface area contributed by atoms with Crippen molar-refractivity contribution in [3.05, 3.63) is 74.1 Å². The summed E-state index contributed by atoms with van der Waals surface area (Å²) in [4.78, 5) is 26.3. The lowest BCUT2D eigenvalue weighted by molar-refractivity contribution is -0.137. The molecule has 4 rings (SSSR count). The van der Waals surface area contributed by atoms with Crippen LogP contribution in [0.25, 0.3) is 10.9 Å². The van der Waals surface area contributed by atoms with Crippen LogP contribution in [-0.4, -0.2) is 40.4 Å². The molecule has 0 aliphatic heterocycles. The van der Waals surface area contributed by atoms with E-state index in [2.05, 4.69) is 36.3 Å². The van der Waals surface area contributed by atoms with Crippen LogP contribution in [0.1, 0.15) is 53.3 Å². The first-order chi connectivity index (χ1) is 16.3. The quantitative estimate of drug-likeness (QED) is 0.301. The zero-order chi connectivity index (χ0) is 24.4. The zero-order valence-electron chi connectivity index (χ0n) is 19.9. The molecule has 0 bridgehead atoms. The fourth-order valence-electron chi connectivity index (χ4n) is 5.09. The summed E-state index contributed by atoms with van der Waals surface area (Å²) in [6.07, 6.45) is 3.11. The van der Waals surface area contributed by atoms with Crippen LogP contribution in [-0.2, 0) is 30.5 Å². The third-order valence-electron chi connectivity index (χ3n) is 6.73. The molecule has 180 valence electrons. The van der Waals surface area contributed by atoms with Crippen LogP contribution in [0.2, 0.25) is 0 Å². The highest BCUT2D eigenvalue weighted by atomic mass is 16.5. The monoisotopic (exact) mass is 464 g/mol. The number of aliphatic hydroxyl groups excluding tert-OH is 2.